The van der Waals surface area contributed by atoms with E-state index in [1.165, 1.54) is 18.4 Å². The fourth-order valence-electron chi connectivity index (χ4n) is 4.74. The molecule has 1 amide bonds. The summed E-state index contributed by atoms with van der Waals surface area (Å²) in [5.41, 5.74) is 2.87. The maximum Gasteiger partial charge on any atom is 0.224 e. The minimum atomic E-state index is 0.120. The van der Waals surface area contributed by atoms with Gasteiger partial charge in [0.25, 0.3) is 0 Å². The number of amides is 1. The van der Waals surface area contributed by atoms with E-state index in [1.54, 1.807) is 0 Å². The Bertz CT molecular complexity index is 776. The highest BCUT2D eigenvalue weighted by Gasteiger charge is 2.53. The third kappa shape index (κ3) is 4.36. The lowest BCUT2D eigenvalue weighted by Gasteiger charge is -2.59. The summed E-state index contributed by atoms with van der Waals surface area (Å²) < 4.78 is 0. The van der Waals surface area contributed by atoms with Gasteiger partial charge in [0.2, 0.25) is 5.91 Å². The summed E-state index contributed by atoms with van der Waals surface area (Å²) in [5.74, 6) is 0.120. The van der Waals surface area contributed by atoms with Crippen LogP contribution in [-0.2, 0) is 17.8 Å². The van der Waals surface area contributed by atoms with Crippen LogP contribution in [0.3, 0.4) is 0 Å². The van der Waals surface area contributed by atoms with Crippen LogP contribution in [0.1, 0.15) is 36.8 Å². The normalized spacial score (nSPS) is 26.5. The summed E-state index contributed by atoms with van der Waals surface area (Å²) in [5, 5.41) is 3.91. The van der Waals surface area contributed by atoms with Gasteiger partial charge in [-0.15, -0.1) is 0 Å². The van der Waals surface area contributed by atoms with Crippen molar-refractivity contribution in [2.45, 2.75) is 50.7 Å². The molecule has 2 saturated carbocycles. The van der Waals surface area contributed by atoms with Crippen molar-refractivity contribution in [1.29, 1.82) is 0 Å². The monoisotopic (exact) mass is 382 g/mol. The number of hydrogen-bond acceptors (Lipinski definition) is 2. The molecule has 2 fully saturated rings. The van der Waals surface area contributed by atoms with Crippen molar-refractivity contribution < 1.29 is 4.79 Å². The number of hydrogen-bond donors (Lipinski definition) is 1. The second-order valence-electron chi connectivity index (χ2n) is 8.44. The molecule has 3 nitrogen and oxygen atoms in total. The molecule has 1 spiro atoms. The highest BCUT2D eigenvalue weighted by Crippen LogP contribution is 2.57. The highest BCUT2D eigenvalue weighted by atomic mass is 35.5. The lowest BCUT2D eigenvalue weighted by Crippen LogP contribution is -2.60. The number of rotatable bonds is 6. The van der Waals surface area contributed by atoms with E-state index in [0.29, 0.717) is 28.9 Å². The molecule has 0 aliphatic heterocycles. The summed E-state index contributed by atoms with van der Waals surface area (Å²) in [7, 11) is 2.23. The molecule has 0 atom stereocenters. The number of nitrogens with zero attached hydrogens (tertiary/aromatic N) is 1. The number of benzene rings is 2. The highest BCUT2D eigenvalue weighted by molar-refractivity contribution is 6.30. The Labute approximate surface area is 166 Å². The first kappa shape index (κ1) is 18.5. The average molecular weight is 383 g/mol. The molecular formula is C23H27ClN2O. The fraction of sp³-hybridized carbons (Fsp3) is 0.435. The maximum atomic E-state index is 12.2. The van der Waals surface area contributed by atoms with Crippen LogP contribution in [-0.4, -0.2) is 29.9 Å². The van der Waals surface area contributed by atoms with Crippen molar-refractivity contribution in [3.63, 3.8) is 0 Å². The Hall–Kier alpha value is -1.84. The zero-order valence-corrected chi connectivity index (χ0v) is 16.6. The Morgan fingerprint density at radius 2 is 1.70 bits per heavy atom. The number of nitrogens with one attached hydrogen (secondary N) is 1. The molecule has 0 radical (unpaired) electrons. The molecule has 142 valence electrons. The molecule has 0 saturated heterocycles. The van der Waals surface area contributed by atoms with Gasteiger partial charge in [0.1, 0.15) is 0 Å². The summed E-state index contributed by atoms with van der Waals surface area (Å²) in [6.45, 7) is 1.02. The molecule has 0 unspecified atom stereocenters. The van der Waals surface area contributed by atoms with E-state index in [0.717, 1.165) is 24.9 Å². The smallest absolute Gasteiger partial charge is 0.224 e. The first-order valence-electron chi connectivity index (χ1n) is 9.79. The Balaban J connectivity index is 1.18. The largest absolute Gasteiger partial charge is 0.353 e. The van der Waals surface area contributed by atoms with Crippen molar-refractivity contribution in [3.05, 3.63) is 70.7 Å². The van der Waals surface area contributed by atoms with Gasteiger partial charge < -0.3 is 5.32 Å². The van der Waals surface area contributed by atoms with Gasteiger partial charge in [-0.1, -0.05) is 54.1 Å². The van der Waals surface area contributed by atoms with Gasteiger partial charge in [0, 0.05) is 23.7 Å². The van der Waals surface area contributed by atoms with Crippen LogP contribution in [0.5, 0.6) is 0 Å². The summed E-state index contributed by atoms with van der Waals surface area (Å²) >= 11 is 5.89. The lowest BCUT2D eigenvalue weighted by atomic mass is 9.52. The summed E-state index contributed by atoms with van der Waals surface area (Å²) in [6, 6.07) is 19.2. The van der Waals surface area contributed by atoms with Crippen molar-refractivity contribution in [3.8, 4) is 0 Å². The second kappa shape index (κ2) is 7.65. The van der Waals surface area contributed by atoms with E-state index >= 15 is 0 Å². The number of halogens is 1. The Morgan fingerprint density at radius 1 is 1.04 bits per heavy atom. The van der Waals surface area contributed by atoms with Crippen molar-refractivity contribution in [1.82, 2.24) is 10.2 Å². The van der Waals surface area contributed by atoms with E-state index in [9.17, 15) is 4.79 Å². The molecule has 2 aliphatic rings. The topological polar surface area (TPSA) is 32.3 Å². The van der Waals surface area contributed by atoms with Gasteiger partial charge >= 0.3 is 0 Å². The van der Waals surface area contributed by atoms with Crippen molar-refractivity contribution in [2.75, 3.05) is 7.05 Å². The number of carbonyl (C=O) groups excluding carboxylic acids is 1. The predicted octanol–water partition coefficient (Wildman–Crippen LogP) is 4.44. The van der Waals surface area contributed by atoms with Crippen LogP contribution in [0.4, 0.5) is 0 Å². The number of carbonyl (C=O) groups is 1. The van der Waals surface area contributed by atoms with Gasteiger partial charge in [0.15, 0.2) is 0 Å². The summed E-state index contributed by atoms with van der Waals surface area (Å²) in [6.07, 6.45) is 5.23. The first-order chi connectivity index (χ1) is 13.0. The van der Waals surface area contributed by atoms with Crippen LogP contribution < -0.4 is 5.32 Å². The molecule has 4 rings (SSSR count). The Morgan fingerprint density at radius 3 is 2.37 bits per heavy atom. The second-order valence-corrected chi connectivity index (χ2v) is 8.88. The standard InChI is InChI=1S/C23H27ClN2O/c1-26(16-18-5-3-2-4-6-18)21-14-23(15-21)12-20(13-23)25-22(27)11-17-7-9-19(24)10-8-17/h2-10,20-21H,11-16H2,1H3,(H,25,27). The zero-order valence-electron chi connectivity index (χ0n) is 15.8. The van der Waals surface area contributed by atoms with E-state index in [-0.39, 0.29) is 5.91 Å². The SMILES string of the molecule is CN(Cc1ccccc1)C1CC2(CC(NC(=O)Cc3ccc(Cl)cc3)C2)C1. The fourth-order valence-corrected chi connectivity index (χ4v) is 4.87. The minimum Gasteiger partial charge on any atom is -0.353 e. The van der Waals surface area contributed by atoms with Crippen LogP contribution in [0.2, 0.25) is 5.02 Å². The molecule has 0 heterocycles. The molecule has 2 aliphatic carbocycles. The molecule has 2 aromatic carbocycles. The quantitative estimate of drug-likeness (QED) is 0.800. The van der Waals surface area contributed by atoms with Gasteiger partial charge in [-0.25, -0.2) is 0 Å². The van der Waals surface area contributed by atoms with E-state index in [2.05, 4.69) is 47.6 Å². The van der Waals surface area contributed by atoms with E-state index in [1.807, 2.05) is 24.3 Å². The van der Waals surface area contributed by atoms with Gasteiger partial charge in [0.05, 0.1) is 6.42 Å². The minimum absolute atomic E-state index is 0.120. The average Bonchev–Trinajstić information content (AvgIpc) is 2.58. The van der Waals surface area contributed by atoms with Crippen LogP contribution in [0, 0.1) is 5.41 Å². The Kier molecular flexibility index (Phi) is 5.25. The van der Waals surface area contributed by atoms with E-state index < -0.39 is 0 Å². The summed E-state index contributed by atoms with van der Waals surface area (Å²) in [4.78, 5) is 14.7. The molecule has 4 heteroatoms. The van der Waals surface area contributed by atoms with Gasteiger partial charge in [-0.3, -0.25) is 9.69 Å². The molecule has 0 aromatic heterocycles. The van der Waals surface area contributed by atoms with Crippen molar-refractivity contribution >= 4 is 17.5 Å². The van der Waals surface area contributed by atoms with Crippen LogP contribution >= 0.6 is 11.6 Å². The molecule has 1 N–H and O–H groups in total. The third-order valence-electron chi connectivity index (χ3n) is 6.24. The van der Waals surface area contributed by atoms with Crippen LogP contribution in [0.25, 0.3) is 0 Å². The van der Waals surface area contributed by atoms with Gasteiger partial charge in [-0.05, 0) is 61.4 Å². The maximum absolute atomic E-state index is 12.2. The first-order valence-corrected chi connectivity index (χ1v) is 10.2. The van der Waals surface area contributed by atoms with Crippen molar-refractivity contribution in [2.24, 2.45) is 5.41 Å². The molecule has 0 bridgehead atoms. The zero-order chi connectivity index (χ0) is 18.9. The van der Waals surface area contributed by atoms with Gasteiger partial charge in [-0.2, -0.15) is 0 Å². The van der Waals surface area contributed by atoms with E-state index in [4.69, 9.17) is 11.6 Å². The lowest BCUT2D eigenvalue weighted by molar-refractivity contribution is -0.125. The molecule has 27 heavy (non-hydrogen) atoms. The van der Waals surface area contributed by atoms with Crippen LogP contribution in [0.15, 0.2) is 54.6 Å². The predicted molar refractivity (Wildman–Crippen MR) is 110 cm³/mol. The third-order valence-corrected chi connectivity index (χ3v) is 6.49. The molecule has 2 aromatic rings. The molecular weight excluding hydrogens is 356 g/mol.